The molecule has 0 radical (unpaired) electrons. The van der Waals surface area contributed by atoms with Gasteiger partial charge in [0.15, 0.2) is 0 Å². The summed E-state index contributed by atoms with van der Waals surface area (Å²) in [5.74, 6) is 0.500. The first-order valence-corrected chi connectivity index (χ1v) is 4.87. The van der Waals surface area contributed by atoms with Gasteiger partial charge in [-0.3, -0.25) is 0 Å². The quantitative estimate of drug-likeness (QED) is 0.281. The maximum absolute atomic E-state index is 11.1. The fraction of sp³-hybridized carbons (Fsp3) is 1.00. The van der Waals surface area contributed by atoms with Crippen molar-refractivity contribution in [2.45, 2.75) is 46.6 Å². The summed E-state index contributed by atoms with van der Waals surface area (Å²) in [5.41, 5.74) is -0.370. The summed E-state index contributed by atoms with van der Waals surface area (Å²) in [6.45, 7) is 10.3. The second-order valence-corrected chi connectivity index (χ2v) is 4.81. The Bertz CT molecular complexity index is 202. The standard InChI is InChI=1S/C9H21N3O2.Na/c1-8(2)6-7-11(9(3,4)5)12(14)10-13;/h8,13H,6-7H2,1-5H3;/q;+1/p-1. The fourth-order valence-electron chi connectivity index (χ4n) is 1.10. The molecule has 0 aliphatic heterocycles. The molecule has 0 saturated heterocycles. The Kier molecular flexibility index (Phi) is 8.47. The molecule has 0 fully saturated rings. The number of nitrogens with zero attached hydrogens (tertiary/aromatic N) is 3. The summed E-state index contributed by atoms with van der Waals surface area (Å²) in [5, 5.41) is 25.1. The van der Waals surface area contributed by atoms with Crippen LogP contribution in [0.4, 0.5) is 0 Å². The van der Waals surface area contributed by atoms with Crippen molar-refractivity contribution in [3.8, 4) is 0 Å². The molecule has 0 aromatic carbocycles. The SMILES string of the molecule is CC(C)CCN([N+]([O-])=N[O-])C(C)(C)C.[Na+]. The minimum Gasteiger partial charge on any atom is -0.737 e. The Labute approximate surface area is 114 Å². The van der Waals surface area contributed by atoms with Gasteiger partial charge in [0, 0.05) is 4.97 Å². The van der Waals surface area contributed by atoms with Crippen LogP contribution in [-0.2, 0) is 0 Å². The zero-order chi connectivity index (χ0) is 11.4. The molecule has 15 heavy (non-hydrogen) atoms. The van der Waals surface area contributed by atoms with Crippen molar-refractivity contribution in [3.63, 3.8) is 0 Å². The van der Waals surface area contributed by atoms with Gasteiger partial charge in [-0.25, -0.2) is 0 Å². The van der Waals surface area contributed by atoms with Crippen LogP contribution in [0.2, 0.25) is 0 Å². The molecule has 0 aromatic rings. The van der Waals surface area contributed by atoms with Crippen LogP contribution in [0.1, 0.15) is 41.0 Å². The molecular weight excluding hydrogens is 205 g/mol. The van der Waals surface area contributed by atoms with E-state index in [1.54, 1.807) is 0 Å². The van der Waals surface area contributed by atoms with Crippen LogP contribution in [0.25, 0.3) is 0 Å². The summed E-state index contributed by atoms with van der Waals surface area (Å²) >= 11 is 0. The van der Waals surface area contributed by atoms with Crippen molar-refractivity contribution in [2.24, 2.45) is 11.2 Å². The first-order chi connectivity index (χ1) is 6.29. The normalized spacial score (nSPS) is 12.5. The van der Waals surface area contributed by atoms with Gasteiger partial charge in [-0.1, -0.05) is 13.8 Å². The van der Waals surface area contributed by atoms with Gasteiger partial charge in [-0.2, -0.15) is 0 Å². The van der Waals surface area contributed by atoms with Crippen LogP contribution < -0.4 is 29.6 Å². The Hall–Kier alpha value is 0. The average molecular weight is 225 g/mol. The second-order valence-electron chi connectivity index (χ2n) is 4.81. The predicted molar refractivity (Wildman–Crippen MR) is 55.3 cm³/mol. The van der Waals surface area contributed by atoms with E-state index >= 15 is 0 Å². The molecule has 0 rings (SSSR count). The molecule has 0 amide bonds. The fourth-order valence-corrected chi connectivity index (χ4v) is 1.10. The average Bonchev–Trinajstić information content (AvgIpc) is 2.01. The van der Waals surface area contributed by atoms with Gasteiger partial charge < -0.3 is 10.4 Å². The van der Waals surface area contributed by atoms with Crippen LogP contribution in [0.5, 0.6) is 0 Å². The van der Waals surface area contributed by atoms with Crippen molar-refractivity contribution in [1.82, 2.24) is 5.01 Å². The van der Waals surface area contributed by atoms with E-state index in [4.69, 9.17) is 0 Å². The Morgan fingerprint density at radius 1 is 1.33 bits per heavy atom. The van der Waals surface area contributed by atoms with Crippen LogP contribution in [0.15, 0.2) is 5.28 Å². The van der Waals surface area contributed by atoms with Crippen LogP contribution >= 0.6 is 0 Å². The van der Waals surface area contributed by atoms with Crippen LogP contribution in [0.3, 0.4) is 0 Å². The summed E-state index contributed by atoms with van der Waals surface area (Å²) < 4.78 is 0. The molecule has 0 heterocycles. The van der Waals surface area contributed by atoms with E-state index in [0.717, 1.165) is 6.42 Å². The summed E-state index contributed by atoms with van der Waals surface area (Å²) in [4.78, 5) is 0.141. The third-order valence-electron chi connectivity index (χ3n) is 1.97. The molecule has 84 valence electrons. The molecule has 0 aliphatic rings. The van der Waals surface area contributed by atoms with Crippen molar-refractivity contribution in [1.29, 1.82) is 0 Å². The number of hydrogen-bond acceptors (Lipinski definition) is 3. The van der Waals surface area contributed by atoms with E-state index in [-0.39, 0.29) is 40.1 Å². The minimum absolute atomic E-state index is 0. The van der Waals surface area contributed by atoms with E-state index < -0.39 is 0 Å². The van der Waals surface area contributed by atoms with Crippen LogP contribution in [-0.4, -0.2) is 22.1 Å². The number of hydrogen-bond donors (Lipinski definition) is 0. The first-order valence-electron chi connectivity index (χ1n) is 4.87. The zero-order valence-corrected chi connectivity index (χ0v) is 12.6. The Balaban J connectivity index is 0. The van der Waals surface area contributed by atoms with E-state index in [9.17, 15) is 10.4 Å². The zero-order valence-electron chi connectivity index (χ0n) is 10.6. The maximum atomic E-state index is 11.1. The third kappa shape index (κ3) is 6.98. The number of hydrazine groups is 1. The molecule has 0 saturated carbocycles. The molecule has 0 spiro atoms. The van der Waals surface area contributed by atoms with Crippen molar-refractivity contribution < 1.29 is 34.5 Å². The predicted octanol–water partition coefficient (Wildman–Crippen LogP) is -0.488. The Morgan fingerprint density at radius 2 is 1.80 bits per heavy atom. The van der Waals surface area contributed by atoms with Gasteiger partial charge in [0.2, 0.25) is 0 Å². The van der Waals surface area contributed by atoms with Crippen molar-refractivity contribution in [3.05, 3.63) is 10.4 Å². The minimum atomic E-state index is -0.370. The first kappa shape index (κ1) is 17.4. The van der Waals surface area contributed by atoms with Gasteiger partial charge in [-0.05, 0) is 38.4 Å². The molecule has 0 N–H and O–H groups in total. The van der Waals surface area contributed by atoms with E-state index in [1.807, 2.05) is 20.8 Å². The molecule has 6 heteroatoms. The Morgan fingerprint density at radius 3 is 2.07 bits per heavy atom. The molecular formula is C9H20N3NaO2. The molecule has 0 bridgehead atoms. The second kappa shape index (κ2) is 7.30. The molecule has 0 aromatic heterocycles. The van der Waals surface area contributed by atoms with E-state index in [0.29, 0.717) is 12.5 Å². The maximum Gasteiger partial charge on any atom is 1.00 e. The van der Waals surface area contributed by atoms with Crippen molar-refractivity contribution in [2.75, 3.05) is 6.54 Å². The molecule has 0 aliphatic carbocycles. The van der Waals surface area contributed by atoms with Gasteiger partial charge in [0.25, 0.3) is 0 Å². The molecule has 0 atom stereocenters. The van der Waals surface area contributed by atoms with Crippen LogP contribution in [0, 0.1) is 16.3 Å². The molecule has 5 nitrogen and oxygen atoms in total. The monoisotopic (exact) mass is 225 g/mol. The largest absolute Gasteiger partial charge is 1.00 e. The summed E-state index contributed by atoms with van der Waals surface area (Å²) in [6.07, 6.45) is 0.867. The van der Waals surface area contributed by atoms with E-state index in [2.05, 4.69) is 19.1 Å². The van der Waals surface area contributed by atoms with Gasteiger partial charge in [0.05, 0.1) is 12.1 Å². The van der Waals surface area contributed by atoms with E-state index in [1.165, 1.54) is 5.01 Å². The van der Waals surface area contributed by atoms with Gasteiger partial charge in [-0.15, -0.1) is 5.01 Å². The van der Waals surface area contributed by atoms with Gasteiger partial charge >= 0.3 is 29.6 Å². The number of rotatable bonds is 4. The summed E-state index contributed by atoms with van der Waals surface area (Å²) in [6, 6.07) is 0. The smallest absolute Gasteiger partial charge is 0.737 e. The summed E-state index contributed by atoms with van der Waals surface area (Å²) in [7, 11) is 0. The molecule has 0 unspecified atom stereocenters. The topological polar surface area (TPSA) is 64.7 Å². The third-order valence-corrected chi connectivity index (χ3v) is 1.97. The van der Waals surface area contributed by atoms with Gasteiger partial charge in [0.1, 0.15) is 0 Å². The van der Waals surface area contributed by atoms with Crippen molar-refractivity contribution >= 4 is 0 Å².